The Labute approximate surface area is 184 Å². The number of benzene rings is 1. The molecule has 0 aliphatic rings. The van der Waals surface area contributed by atoms with Crippen LogP contribution in [0.2, 0.25) is 5.02 Å². The number of nitrogens with one attached hydrogen (secondary N) is 2. The van der Waals surface area contributed by atoms with Crippen LogP contribution in [0.15, 0.2) is 35.0 Å². The first-order valence-corrected chi connectivity index (χ1v) is 10.8. The third-order valence-corrected chi connectivity index (χ3v) is 5.95. The standard InChI is InChI=1S/C18H16ClN5O4S2/c1-9(2)14(20-15(25)10-3-4-12(19)13(7-10)24(27)28)16(26)21-18-23-22-17(30-18)11-5-6-29-8-11/h3-9,14H,1-2H3,(H,20,25)(H,21,23,26). The molecule has 2 amide bonds. The van der Waals surface area contributed by atoms with Crippen molar-refractivity contribution in [1.82, 2.24) is 15.5 Å². The Morgan fingerprint density at radius 1 is 1.23 bits per heavy atom. The molecule has 1 unspecified atom stereocenters. The third-order valence-electron chi connectivity index (χ3n) is 4.06. The lowest BCUT2D eigenvalue weighted by atomic mass is 10.0. The molecule has 0 radical (unpaired) electrons. The molecule has 0 fully saturated rings. The van der Waals surface area contributed by atoms with Crippen LogP contribution in [-0.2, 0) is 4.79 Å². The topological polar surface area (TPSA) is 127 Å². The average molecular weight is 466 g/mol. The summed E-state index contributed by atoms with van der Waals surface area (Å²) in [6, 6.07) is 4.72. The van der Waals surface area contributed by atoms with Crippen LogP contribution >= 0.6 is 34.3 Å². The highest BCUT2D eigenvalue weighted by molar-refractivity contribution is 7.19. The van der Waals surface area contributed by atoms with Crippen LogP contribution in [0.25, 0.3) is 10.6 Å². The van der Waals surface area contributed by atoms with Gasteiger partial charge in [0.05, 0.1) is 4.92 Å². The minimum absolute atomic E-state index is 0.0280. The molecule has 3 aromatic rings. The van der Waals surface area contributed by atoms with E-state index in [2.05, 4.69) is 20.8 Å². The molecule has 12 heteroatoms. The Morgan fingerprint density at radius 2 is 2.00 bits per heavy atom. The smallest absolute Gasteiger partial charge is 0.288 e. The lowest BCUT2D eigenvalue weighted by molar-refractivity contribution is -0.384. The molecule has 2 N–H and O–H groups in total. The van der Waals surface area contributed by atoms with Gasteiger partial charge in [0.2, 0.25) is 11.0 Å². The van der Waals surface area contributed by atoms with E-state index in [1.807, 2.05) is 16.8 Å². The van der Waals surface area contributed by atoms with E-state index < -0.39 is 22.8 Å². The zero-order valence-corrected chi connectivity index (χ0v) is 18.2. The largest absolute Gasteiger partial charge is 0.340 e. The molecule has 2 aromatic heterocycles. The minimum atomic E-state index is -0.888. The Hall–Kier alpha value is -2.89. The second-order valence-corrected chi connectivity index (χ2v) is 8.70. The van der Waals surface area contributed by atoms with Crippen molar-refractivity contribution in [2.75, 3.05) is 5.32 Å². The number of carbonyl (C=O) groups excluding carboxylic acids is 2. The first-order valence-electron chi connectivity index (χ1n) is 8.68. The van der Waals surface area contributed by atoms with Crippen molar-refractivity contribution >= 4 is 56.9 Å². The number of halogens is 1. The van der Waals surface area contributed by atoms with Crippen LogP contribution in [-0.4, -0.2) is 33.0 Å². The van der Waals surface area contributed by atoms with E-state index in [0.717, 1.165) is 11.6 Å². The predicted molar refractivity (Wildman–Crippen MR) is 116 cm³/mol. The lowest BCUT2D eigenvalue weighted by Crippen LogP contribution is -2.47. The van der Waals surface area contributed by atoms with Gasteiger partial charge in [0.25, 0.3) is 11.6 Å². The molecule has 0 aliphatic carbocycles. The van der Waals surface area contributed by atoms with Gasteiger partial charge in [-0.05, 0) is 29.5 Å². The minimum Gasteiger partial charge on any atom is -0.340 e. The highest BCUT2D eigenvalue weighted by Crippen LogP contribution is 2.28. The van der Waals surface area contributed by atoms with E-state index in [0.29, 0.717) is 10.1 Å². The molecule has 9 nitrogen and oxygen atoms in total. The molecule has 2 heterocycles. The van der Waals surface area contributed by atoms with E-state index in [1.165, 1.54) is 34.8 Å². The highest BCUT2D eigenvalue weighted by Gasteiger charge is 2.27. The van der Waals surface area contributed by atoms with Gasteiger partial charge in [-0.1, -0.05) is 36.8 Å². The van der Waals surface area contributed by atoms with Gasteiger partial charge in [-0.25, -0.2) is 0 Å². The summed E-state index contributed by atoms with van der Waals surface area (Å²) in [4.78, 5) is 35.7. The maximum atomic E-state index is 12.7. The number of anilines is 1. The summed E-state index contributed by atoms with van der Waals surface area (Å²) in [7, 11) is 0. The van der Waals surface area contributed by atoms with Crippen LogP contribution in [0.4, 0.5) is 10.8 Å². The summed E-state index contributed by atoms with van der Waals surface area (Å²) >= 11 is 8.53. The van der Waals surface area contributed by atoms with Gasteiger partial charge in [-0.2, -0.15) is 11.3 Å². The molecule has 0 bridgehead atoms. The van der Waals surface area contributed by atoms with Crippen LogP contribution < -0.4 is 10.6 Å². The fourth-order valence-electron chi connectivity index (χ4n) is 2.51. The van der Waals surface area contributed by atoms with Gasteiger partial charge in [0, 0.05) is 22.6 Å². The normalized spacial score (nSPS) is 11.9. The SMILES string of the molecule is CC(C)C(NC(=O)c1ccc(Cl)c([N+](=O)[O-])c1)C(=O)Nc1nnc(-c2ccsc2)s1. The second kappa shape index (κ2) is 9.28. The molecular formula is C18H16ClN5O4S2. The molecular weight excluding hydrogens is 450 g/mol. The number of rotatable bonds is 7. The van der Waals surface area contributed by atoms with Crippen LogP contribution in [0.1, 0.15) is 24.2 Å². The van der Waals surface area contributed by atoms with Gasteiger partial charge < -0.3 is 5.32 Å². The van der Waals surface area contributed by atoms with E-state index in [4.69, 9.17) is 11.6 Å². The number of nitro groups is 1. The van der Waals surface area contributed by atoms with Crippen LogP contribution in [0.5, 0.6) is 0 Å². The Morgan fingerprint density at radius 3 is 2.63 bits per heavy atom. The average Bonchev–Trinajstić information content (AvgIpc) is 3.37. The molecule has 0 saturated heterocycles. The highest BCUT2D eigenvalue weighted by atomic mass is 35.5. The summed E-state index contributed by atoms with van der Waals surface area (Å²) in [6.07, 6.45) is 0. The van der Waals surface area contributed by atoms with E-state index in [9.17, 15) is 19.7 Å². The number of hydrogen-bond acceptors (Lipinski definition) is 8. The van der Waals surface area contributed by atoms with Crippen LogP contribution in [0, 0.1) is 16.0 Å². The van der Waals surface area contributed by atoms with Crippen molar-refractivity contribution in [2.24, 2.45) is 5.92 Å². The second-order valence-electron chi connectivity index (χ2n) is 6.53. The quantitative estimate of drug-likeness (QED) is 0.397. The molecule has 1 atom stereocenters. The monoisotopic (exact) mass is 465 g/mol. The molecule has 0 aliphatic heterocycles. The number of aromatic nitrogens is 2. The number of nitro benzene ring substituents is 1. The molecule has 3 rings (SSSR count). The van der Waals surface area contributed by atoms with E-state index >= 15 is 0 Å². The zero-order valence-electron chi connectivity index (χ0n) is 15.8. The number of carbonyl (C=O) groups is 2. The summed E-state index contributed by atoms with van der Waals surface area (Å²) in [5.41, 5.74) is 0.556. The summed E-state index contributed by atoms with van der Waals surface area (Å²) in [5, 5.41) is 29.1. The summed E-state index contributed by atoms with van der Waals surface area (Å²) < 4.78 is 0. The fourth-order valence-corrected chi connectivity index (χ4v) is 4.16. The molecule has 0 saturated carbocycles. The summed E-state index contributed by atoms with van der Waals surface area (Å²) in [5.74, 6) is -1.34. The van der Waals surface area contributed by atoms with Gasteiger partial charge >= 0.3 is 0 Å². The maximum absolute atomic E-state index is 12.7. The van der Waals surface area contributed by atoms with Gasteiger partial charge in [-0.15, -0.1) is 10.2 Å². The molecule has 156 valence electrons. The van der Waals surface area contributed by atoms with E-state index in [1.54, 1.807) is 13.8 Å². The number of nitrogens with zero attached hydrogens (tertiary/aromatic N) is 3. The lowest BCUT2D eigenvalue weighted by Gasteiger charge is -2.21. The number of hydrogen-bond donors (Lipinski definition) is 2. The van der Waals surface area contributed by atoms with Crippen molar-refractivity contribution < 1.29 is 14.5 Å². The zero-order chi connectivity index (χ0) is 21.8. The first kappa shape index (κ1) is 21.8. The molecule has 0 spiro atoms. The van der Waals surface area contributed by atoms with Crippen LogP contribution in [0.3, 0.4) is 0 Å². The van der Waals surface area contributed by atoms with Crippen molar-refractivity contribution in [3.8, 4) is 10.6 Å². The predicted octanol–water partition coefficient (Wildman–Crippen LogP) is 4.22. The van der Waals surface area contributed by atoms with Gasteiger partial charge in [0.15, 0.2) is 0 Å². The van der Waals surface area contributed by atoms with Crippen molar-refractivity contribution in [2.45, 2.75) is 19.9 Å². The van der Waals surface area contributed by atoms with Crippen molar-refractivity contribution in [3.63, 3.8) is 0 Å². The maximum Gasteiger partial charge on any atom is 0.288 e. The first-order chi connectivity index (χ1) is 14.3. The van der Waals surface area contributed by atoms with Gasteiger partial charge in [-0.3, -0.25) is 25.0 Å². The van der Waals surface area contributed by atoms with Crippen molar-refractivity contribution in [3.05, 3.63) is 55.7 Å². The Kier molecular flexibility index (Phi) is 6.75. The van der Waals surface area contributed by atoms with E-state index in [-0.39, 0.29) is 22.2 Å². The van der Waals surface area contributed by atoms with Gasteiger partial charge in [0.1, 0.15) is 16.1 Å². The number of thiophene rings is 1. The van der Waals surface area contributed by atoms with Crippen molar-refractivity contribution in [1.29, 1.82) is 0 Å². The summed E-state index contributed by atoms with van der Waals surface area (Å²) in [6.45, 7) is 3.54. The Balaban J connectivity index is 1.72. The molecule has 30 heavy (non-hydrogen) atoms. The molecule has 1 aromatic carbocycles. The fraction of sp³-hybridized carbons (Fsp3) is 0.222. The Bertz CT molecular complexity index is 1080. The number of amides is 2. The third kappa shape index (κ3) is 4.99.